The lowest BCUT2D eigenvalue weighted by atomic mass is 10.2. The van der Waals surface area contributed by atoms with Crippen molar-refractivity contribution in [3.8, 4) is 11.8 Å². The predicted molar refractivity (Wildman–Crippen MR) is 424 cm³/mol. The van der Waals surface area contributed by atoms with Gasteiger partial charge < -0.3 is 61.0 Å². The number of fused-ring (bicyclic) bond motifs is 2. The number of nitro groups is 2. The lowest BCUT2D eigenvalue weighted by Crippen LogP contribution is -2.47. The molecule has 0 saturated carbocycles. The van der Waals surface area contributed by atoms with Crippen LogP contribution in [0.4, 0.5) is 61.5 Å². The Hall–Kier alpha value is -9.10. The number of rotatable bonds is 18. The molecule has 0 bridgehead atoms. The summed E-state index contributed by atoms with van der Waals surface area (Å²) in [5, 5.41) is 64.4. The van der Waals surface area contributed by atoms with Gasteiger partial charge in [-0.15, -0.1) is 0 Å². The zero-order chi connectivity index (χ0) is 77.8. The molecule has 582 valence electrons. The number of carbonyl (C=O) groups excluding carboxylic acids is 2. The monoisotopic (exact) mass is 1600 g/mol. The largest absolute Gasteiger partial charge is 0.455 e. The maximum Gasteiger partial charge on any atom is 0.269 e. The maximum absolute atomic E-state index is 13.0. The first kappa shape index (κ1) is 83.9. The molecule has 0 radical (unpaired) electrons. The number of aliphatic hydroxyl groups is 4. The molecule has 8 aromatic rings. The number of nitrogens with zero attached hydrogens (tertiary/aromatic N) is 15. The van der Waals surface area contributed by atoms with Crippen molar-refractivity contribution in [3.63, 3.8) is 0 Å². The minimum atomic E-state index is -0.570. The number of anilines is 8. The number of hydrogen-bond donors (Lipinski definition) is 7. The van der Waals surface area contributed by atoms with E-state index >= 15 is 0 Å². The summed E-state index contributed by atoms with van der Waals surface area (Å²) in [6.45, 7) is 19.6. The summed E-state index contributed by atoms with van der Waals surface area (Å²) in [5.74, 6) is -0.296. The highest BCUT2D eigenvalue weighted by Gasteiger charge is 2.33. The number of benzene rings is 6. The SMILES string of the molecule is CSc1ncc2c(n1)OCN(c1c(Cl)cccc1Cl)C2=O.Nc1ccc(N2CCN(CCO)CC2)cc1.O=C1c2cnc(Nc3ccc(N4CCN(CCO)CC4)cc3)nc2OCN1c1c(Cl)cccc1Cl.O=[N+]([O-])c1ccc(F)cc1.O=[N+]([O-])c1ccc(N2CCN(CCO)CC2)cc1.OCCN1CCNCC1. The molecule has 36 heteroatoms. The van der Waals surface area contributed by atoms with Crippen LogP contribution < -0.4 is 50.3 Å². The normalized spacial score (nSPS) is 15.9. The van der Waals surface area contributed by atoms with Crippen LogP contribution in [-0.2, 0) is 0 Å². The number of para-hydroxylation sites is 2. The van der Waals surface area contributed by atoms with E-state index in [0.717, 1.165) is 171 Å². The summed E-state index contributed by atoms with van der Waals surface area (Å²) in [5.41, 5.74) is 12.0. The van der Waals surface area contributed by atoms with E-state index in [2.05, 4.69) is 77.0 Å². The van der Waals surface area contributed by atoms with E-state index in [1.165, 1.54) is 51.8 Å². The zero-order valence-electron chi connectivity index (χ0n) is 59.9. The third-order valence-corrected chi connectivity index (χ3v) is 19.7. The molecule has 0 spiro atoms. The van der Waals surface area contributed by atoms with Gasteiger partial charge in [0.25, 0.3) is 23.2 Å². The van der Waals surface area contributed by atoms with Gasteiger partial charge in [-0.3, -0.25) is 59.2 Å². The van der Waals surface area contributed by atoms with Crippen molar-refractivity contribution in [2.75, 3.05) is 213 Å². The number of nitrogens with one attached hydrogen (secondary N) is 2. The van der Waals surface area contributed by atoms with Crippen LogP contribution in [0.3, 0.4) is 0 Å². The number of hydrogen-bond acceptors (Lipinski definition) is 27. The Morgan fingerprint density at radius 2 is 0.872 bits per heavy atom. The fourth-order valence-electron chi connectivity index (χ4n) is 12.0. The Labute approximate surface area is 654 Å². The molecular formula is C73H87Cl4FN18O12S. The van der Waals surface area contributed by atoms with E-state index < -0.39 is 10.7 Å². The van der Waals surface area contributed by atoms with Crippen molar-refractivity contribution in [1.29, 1.82) is 0 Å². The lowest BCUT2D eigenvalue weighted by Gasteiger charge is -2.35. The van der Waals surface area contributed by atoms with Crippen LogP contribution >= 0.6 is 58.2 Å². The van der Waals surface area contributed by atoms with E-state index in [4.69, 9.17) is 82.0 Å². The summed E-state index contributed by atoms with van der Waals surface area (Å²) in [4.78, 5) is 80.8. The first-order valence-electron chi connectivity index (χ1n) is 35.0. The Morgan fingerprint density at radius 3 is 1.26 bits per heavy atom. The third kappa shape index (κ3) is 24.4. The average molecular weight is 1600 g/mol. The number of halogens is 5. The van der Waals surface area contributed by atoms with E-state index in [-0.39, 0.29) is 84.3 Å². The van der Waals surface area contributed by atoms with Gasteiger partial charge in [0.1, 0.15) is 16.9 Å². The number of nitrogens with two attached hydrogens (primary N) is 1. The first-order valence-corrected chi connectivity index (χ1v) is 37.7. The minimum absolute atomic E-state index is 0.000120. The third-order valence-electron chi connectivity index (χ3n) is 17.9. The molecule has 6 aliphatic rings. The van der Waals surface area contributed by atoms with E-state index in [9.17, 15) is 34.2 Å². The number of piperazine rings is 4. The molecule has 4 saturated heterocycles. The second kappa shape index (κ2) is 42.8. The van der Waals surface area contributed by atoms with Gasteiger partial charge in [-0.1, -0.05) is 70.3 Å². The smallest absolute Gasteiger partial charge is 0.269 e. The topological polar surface area (TPSA) is 351 Å². The molecular weight excluding hydrogens is 1510 g/mol. The molecule has 6 aliphatic heterocycles. The second-order valence-corrected chi connectivity index (χ2v) is 27.3. The van der Waals surface area contributed by atoms with Crippen LogP contribution in [0.25, 0.3) is 0 Å². The fraction of sp³-hybridized carbons (Fsp3) is 0.370. The quantitative estimate of drug-likeness (QED) is 0.0139. The number of β-amino-alcohol motifs (C(OH)–C–C–N with tert-alkyl or cyclic N) is 4. The number of non-ortho nitro benzene ring substituents is 2. The number of nitrogen functional groups attached to an aromatic ring is 1. The van der Waals surface area contributed by atoms with Crippen LogP contribution in [0.2, 0.25) is 20.1 Å². The molecule has 4 fully saturated rings. The standard InChI is InChI=1S/C24H24Cl2N6O3.C13H9Cl2N3O2S.C12H17N3O3.C12H19N3O.C6H4FNO2.C6H14N2O/c25-19-2-1-3-20(26)21(19)32-15-35-22-18(23(32)34)14-27-24(29-22)28-16-4-6-17(7-5-16)31-10-8-30(9-11-31)12-13-33;1-21-13-16-5-7-11(17-13)20-6-18(12(7)19)10-8(14)3-2-4-9(10)15;16-10-9-13-5-7-14(8-6-13)11-1-3-12(4-2-11)15(17)18;13-11-1-3-12(4-2-11)15-7-5-14(6-8-15)9-10-16;7-5-1-3-6(4-2-5)8(9)10;9-6-5-8-3-1-7-2-4-8/h1-7,14,33H,8-13,15H2,(H,27,28,29);2-5H,6H2,1H3;1-4,16H,5-10H2;1-4,16H,5-10,13H2;1-4H;7,9H,1-6H2. The van der Waals surface area contributed by atoms with Gasteiger partial charge in [-0.05, 0) is 103 Å². The molecule has 2 amide bonds. The number of ether oxygens (including phenoxy) is 2. The van der Waals surface area contributed by atoms with Crippen LogP contribution in [-0.4, -0.2) is 259 Å². The summed E-state index contributed by atoms with van der Waals surface area (Å²) in [6.07, 6.45) is 4.74. The fourth-order valence-corrected chi connectivity index (χ4v) is 13.5. The Bertz CT molecular complexity index is 4190. The lowest BCUT2D eigenvalue weighted by molar-refractivity contribution is -0.385. The number of amides is 2. The van der Waals surface area contributed by atoms with Gasteiger partial charge in [-0.2, -0.15) is 9.97 Å². The van der Waals surface area contributed by atoms with Crippen molar-refractivity contribution in [2.24, 2.45) is 0 Å². The van der Waals surface area contributed by atoms with Crippen LogP contribution in [0.1, 0.15) is 20.7 Å². The molecule has 30 nitrogen and oxygen atoms in total. The maximum atomic E-state index is 13.0. The molecule has 0 atom stereocenters. The second-order valence-electron chi connectivity index (χ2n) is 24.9. The molecule has 14 rings (SSSR count). The van der Waals surface area contributed by atoms with Crippen molar-refractivity contribution < 1.29 is 53.7 Å². The molecule has 8 heterocycles. The Morgan fingerprint density at radius 1 is 0.514 bits per heavy atom. The molecule has 0 aliphatic carbocycles. The van der Waals surface area contributed by atoms with Crippen molar-refractivity contribution in [3.05, 3.63) is 203 Å². The number of aliphatic hydroxyl groups excluding tert-OH is 4. The van der Waals surface area contributed by atoms with Gasteiger partial charge in [0, 0.05) is 196 Å². The summed E-state index contributed by atoms with van der Waals surface area (Å²) >= 11 is 26.2. The molecule has 6 aromatic carbocycles. The number of nitro benzene ring substituents is 2. The van der Waals surface area contributed by atoms with E-state index in [1.54, 1.807) is 48.5 Å². The van der Waals surface area contributed by atoms with Crippen LogP contribution in [0, 0.1) is 26.0 Å². The van der Waals surface area contributed by atoms with Gasteiger partial charge in [0.2, 0.25) is 17.7 Å². The van der Waals surface area contributed by atoms with Crippen molar-refractivity contribution in [2.45, 2.75) is 5.16 Å². The van der Waals surface area contributed by atoms with Crippen molar-refractivity contribution in [1.82, 2.24) is 44.9 Å². The Kier molecular flexibility index (Phi) is 32.9. The number of carbonyl (C=O) groups is 2. The highest BCUT2D eigenvalue weighted by molar-refractivity contribution is 7.98. The number of thioether (sulfide) groups is 1. The van der Waals surface area contributed by atoms with Gasteiger partial charge in [0.05, 0.1) is 67.7 Å². The van der Waals surface area contributed by atoms with E-state index in [1.807, 2.05) is 42.7 Å². The zero-order valence-corrected chi connectivity index (χ0v) is 63.7. The highest BCUT2D eigenvalue weighted by Crippen LogP contribution is 2.39. The van der Waals surface area contributed by atoms with Gasteiger partial charge in [0.15, 0.2) is 18.6 Å². The number of aromatic nitrogens is 4. The van der Waals surface area contributed by atoms with E-state index in [0.29, 0.717) is 55.7 Å². The van der Waals surface area contributed by atoms with Crippen LogP contribution in [0.15, 0.2) is 151 Å². The molecule has 2 aromatic heterocycles. The minimum Gasteiger partial charge on any atom is -0.455 e. The van der Waals surface area contributed by atoms with Gasteiger partial charge >= 0.3 is 0 Å². The Balaban J connectivity index is 0.000000160. The summed E-state index contributed by atoms with van der Waals surface area (Å²) < 4.78 is 23.4. The predicted octanol–water partition coefficient (Wildman–Crippen LogP) is 8.85. The highest BCUT2D eigenvalue weighted by atomic mass is 35.5. The summed E-state index contributed by atoms with van der Waals surface area (Å²) in [7, 11) is 0. The average Bonchev–Trinajstić information content (AvgIpc) is 0.781. The molecule has 8 N–H and O–H groups in total. The van der Waals surface area contributed by atoms with Crippen molar-refractivity contribution >= 4 is 127 Å². The van der Waals surface area contributed by atoms with Crippen LogP contribution in [0.5, 0.6) is 11.8 Å². The first-order chi connectivity index (χ1) is 52.8. The van der Waals surface area contributed by atoms with Gasteiger partial charge in [-0.25, -0.2) is 14.4 Å². The molecule has 109 heavy (non-hydrogen) atoms. The summed E-state index contributed by atoms with van der Waals surface area (Å²) in [6, 6.07) is 37.1. The molecule has 0 unspecified atom stereocenters.